The van der Waals surface area contributed by atoms with Crippen molar-refractivity contribution in [1.29, 1.82) is 0 Å². The van der Waals surface area contributed by atoms with Gasteiger partial charge in [-0.25, -0.2) is 4.98 Å². The number of fused-ring (bicyclic) bond motifs is 1. The fourth-order valence-corrected chi connectivity index (χ4v) is 6.58. The van der Waals surface area contributed by atoms with Crippen LogP contribution in [0.25, 0.3) is 11.7 Å². The Morgan fingerprint density at radius 2 is 1.71 bits per heavy atom. The average Bonchev–Trinajstić information content (AvgIpc) is 3.23. The fraction of sp³-hybridized carbons (Fsp3) is 0.226. The summed E-state index contributed by atoms with van der Waals surface area (Å²) in [6, 6.07) is 19.6. The largest absolute Gasteiger partial charge is 0.368 e. The van der Waals surface area contributed by atoms with E-state index in [1.54, 1.807) is 21.6 Å². The highest BCUT2D eigenvalue weighted by molar-refractivity contribution is 8.26. The molecule has 0 aliphatic carbocycles. The first-order valence-electron chi connectivity index (χ1n) is 13.4. The minimum Gasteiger partial charge on any atom is -0.368 e. The molecule has 0 spiro atoms. The van der Waals surface area contributed by atoms with Crippen molar-refractivity contribution in [3.63, 3.8) is 0 Å². The summed E-state index contributed by atoms with van der Waals surface area (Å²) in [4.78, 5) is 38.8. The number of aryl methyl sites for hydroxylation is 2. The lowest BCUT2D eigenvalue weighted by Crippen LogP contribution is -2.47. The van der Waals surface area contributed by atoms with E-state index in [1.165, 1.54) is 11.8 Å². The molecular weight excluding hydrogens is 574 g/mol. The fourth-order valence-electron chi connectivity index (χ4n) is 5.16. The second-order valence-electron chi connectivity index (χ2n) is 10.2. The molecule has 2 fully saturated rings. The molecule has 0 atom stereocenters. The maximum absolute atomic E-state index is 13.9. The zero-order valence-electron chi connectivity index (χ0n) is 22.7. The third kappa shape index (κ3) is 5.49. The van der Waals surface area contributed by atoms with E-state index in [9.17, 15) is 9.59 Å². The minimum atomic E-state index is -0.213. The number of carbonyl (C=O) groups is 1. The Morgan fingerprint density at radius 3 is 2.44 bits per heavy atom. The van der Waals surface area contributed by atoms with Crippen molar-refractivity contribution >= 4 is 69.0 Å². The van der Waals surface area contributed by atoms with Crippen molar-refractivity contribution < 1.29 is 4.79 Å². The number of pyridine rings is 1. The average molecular weight is 602 g/mol. The maximum Gasteiger partial charge on any atom is 0.267 e. The summed E-state index contributed by atoms with van der Waals surface area (Å²) in [6.07, 6.45) is 3.40. The van der Waals surface area contributed by atoms with E-state index < -0.39 is 0 Å². The van der Waals surface area contributed by atoms with E-state index in [1.807, 2.05) is 68.4 Å². The monoisotopic (exact) mass is 601 g/mol. The zero-order valence-corrected chi connectivity index (χ0v) is 25.1. The van der Waals surface area contributed by atoms with Gasteiger partial charge >= 0.3 is 0 Å². The molecule has 2 aromatic carbocycles. The van der Waals surface area contributed by atoms with Crippen LogP contribution < -0.4 is 15.4 Å². The Hall–Kier alpha value is -3.66. The SMILES string of the molecule is Cc1ccc(CN2C(=O)/C(=C\c3c(N4CCN(c5cccc(Cl)c5)CC4)nc4c(C)cccn4c3=O)SC2=S)cc1. The second kappa shape index (κ2) is 11.3. The van der Waals surface area contributed by atoms with E-state index in [-0.39, 0.29) is 11.5 Å². The van der Waals surface area contributed by atoms with Crippen LogP contribution in [0.1, 0.15) is 22.3 Å². The summed E-state index contributed by atoms with van der Waals surface area (Å²) in [6.45, 7) is 7.17. The van der Waals surface area contributed by atoms with E-state index in [0.29, 0.717) is 50.9 Å². The molecule has 41 heavy (non-hydrogen) atoms. The molecule has 6 rings (SSSR count). The van der Waals surface area contributed by atoms with Crippen LogP contribution in [0.3, 0.4) is 0 Å². The number of hydrogen-bond acceptors (Lipinski definition) is 7. The summed E-state index contributed by atoms with van der Waals surface area (Å²) < 4.78 is 2.03. The van der Waals surface area contributed by atoms with E-state index in [4.69, 9.17) is 28.8 Å². The molecule has 4 aromatic rings. The van der Waals surface area contributed by atoms with Gasteiger partial charge in [-0.15, -0.1) is 0 Å². The number of thioether (sulfide) groups is 1. The number of piperazine rings is 1. The molecule has 1 amide bonds. The van der Waals surface area contributed by atoms with Crippen LogP contribution in [0, 0.1) is 13.8 Å². The number of amides is 1. The van der Waals surface area contributed by atoms with Gasteiger partial charge in [-0.1, -0.05) is 77.5 Å². The Morgan fingerprint density at radius 1 is 0.976 bits per heavy atom. The summed E-state index contributed by atoms with van der Waals surface area (Å²) in [5.41, 5.74) is 4.90. The van der Waals surface area contributed by atoms with Crippen molar-refractivity contribution in [1.82, 2.24) is 14.3 Å². The van der Waals surface area contributed by atoms with Gasteiger partial charge in [0.05, 0.1) is 17.0 Å². The molecule has 2 saturated heterocycles. The molecule has 10 heteroatoms. The normalized spacial score (nSPS) is 16.9. The Labute approximate surface area is 253 Å². The van der Waals surface area contributed by atoms with Crippen molar-refractivity contribution in [2.75, 3.05) is 36.0 Å². The summed E-state index contributed by atoms with van der Waals surface area (Å²) in [5.74, 6) is 0.380. The van der Waals surface area contributed by atoms with Gasteiger partial charge in [0, 0.05) is 43.1 Å². The van der Waals surface area contributed by atoms with Gasteiger partial charge in [0.25, 0.3) is 11.5 Å². The van der Waals surface area contributed by atoms with Crippen LogP contribution in [-0.2, 0) is 11.3 Å². The molecule has 2 aromatic heterocycles. The number of anilines is 2. The number of aromatic nitrogens is 2. The smallest absolute Gasteiger partial charge is 0.267 e. The van der Waals surface area contributed by atoms with Crippen LogP contribution in [0.5, 0.6) is 0 Å². The van der Waals surface area contributed by atoms with Crippen molar-refractivity contribution in [3.05, 3.63) is 109 Å². The summed E-state index contributed by atoms with van der Waals surface area (Å²) in [5, 5.41) is 0.701. The molecule has 0 bridgehead atoms. The number of rotatable bonds is 5. The predicted molar refractivity (Wildman–Crippen MR) is 172 cm³/mol. The molecule has 2 aliphatic heterocycles. The molecule has 7 nitrogen and oxygen atoms in total. The molecule has 208 valence electrons. The lowest BCUT2D eigenvalue weighted by molar-refractivity contribution is -0.122. The lowest BCUT2D eigenvalue weighted by Gasteiger charge is -2.37. The molecule has 2 aliphatic rings. The van der Waals surface area contributed by atoms with Gasteiger partial charge in [0.1, 0.15) is 15.8 Å². The third-order valence-electron chi connectivity index (χ3n) is 7.43. The van der Waals surface area contributed by atoms with Crippen LogP contribution in [0.15, 0.2) is 76.6 Å². The standard InChI is InChI=1S/C31H28ClN5O2S2/c1-20-8-10-22(11-9-20)19-37-30(39)26(41-31(37)40)18-25-28(33-27-21(2)5-4-12-36(27)29(25)38)35-15-13-34(14-16-35)24-7-3-6-23(32)17-24/h3-12,17-18H,13-16,19H2,1-2H3/b26-18+. The van der Waals surface area contributed by atoms with Crippen molar-refractivity contribution in [2.45, 2.75) is 20.4 Å². The zero-order chi connectivity index (χ0) is 28.7. The van der Waals surface area contributed by atoms with Gasteiger partial charge in [0.15, 0.2) is 0 Å². The molecule has 0 N–H and O–H groups in total. The first kappa shape index (κ1) is 27.5. The van der Waals surface area contributed by atoms with E-state index >= 15 is 0 Å². The van der Waals surface area contributed by atoms with Crippen LogP contribution >= 0.6 is 35.6 Å². The number of halogens is 1. The third-order valence-corrected chi connectivity index (χ3v) is 9.04. The Bertz CT molecular complexity index is 1760. The molecule has 0 saturated carbocycles. The highest BCUT2D eigenvalue weighted by Gasteiger charge is 2.33. The van der Waals surface area contributed by atoms with Crippen molar-refractivity contribution in [2.24, 2.45) is 0 Å². The van der Waals surface area contributed by atoms with Gasteiger partial charge in [-0.2, -0.15) is 0 Å². The first-order valence-corrected chi connectivity index (χ1v) is 15.0. The first-order chi connectivity index (χ1) is 19.8. The number of benzene rings is 2. The van der Waals surface area contributed by atoms with Crippen molar-refractivity contribution in [3.8, 4) is 0 Å². The summed E-state index contributed by atoms with van der Waals surface area (Å²) in [7, 11) is 0. The van der Waals surface area contributed by atoms with E-state index in [2.05, 4.69) is 15.9 Å². The second-order valence-corrected chi connectivity index (χ2v) is 12.4. The number of carbonyl (C=O) groups excluding carboxylic acids is 1. The Kier molecular flexibility index (Phi) is 7.59. The highest BCUT2D eigenvalue weighted by atomic mass is 35.5. The molecular formula is C31H28ClN5O2S2. The minimum absolute atomic E-state index is 0.203. The van der Waals surface area contributed by atoms with E-state index in [0.717, 1.165) is 35.5 Å². The summed E-state index contributed by atoms with van der Waals surface area (Å²) >= 11 is 13.0. The maximum atomic E-state index is 13.9. The van der Waals surface area contributed by atoms with Crippen LogP contribution in [-0.4, -0.2) is 50.7 Å². The highest BCUT2D eigenvalue weighted by Crippen LogP contribution is 2.35. The quantitative estimate of drug-likeness (QED) is 0.215. The predicted octanol–water partition coefficient (Wildman–Crippen LogP) is 5.69. The van der Waals surface area contributed by atoms with Gasteiger partial charge in [0.2, 0.25) is 0 Å². The molecule has 4 heterocycles. The van der Waals surface area contributed by atoms with Crippen LogP contribution in [0.2, 0.25) is 5.02 Å². The number of thiocarbonyl (C=S) groups is 1. The Balaban J connectivity index is 1.35. The van der Waals surface area contributed by atoms with Gasteiger partial charge < -0.3 is 9.80 Å². The topological polar surface area (TPSA) is 61.2 Å². The molecule has 0 unspecified atom stereocenters. The van der Waals surface area contributed by atoms with Crippen LogP contribution in [0.4, 0.5) is 11.5 Å². The van der Waals surface area contributed by atoms with Gasteiger partial charge in [-0.05, 0) is 55.3 Å². The molecule has 0 radical (unpaired) electrons. The number of nitrogens with zero attached hydrogens (tertiary/aromatic N) is 5. The lowest BCUT2D eigenvalue weighted by atomic mass is 10.1. The van der Waals surface area contributed by atoms with Gasteiger partial charge in [-0.3, -0.25) is 18.9 Å². The number of hydrogen-bond donors (Lipinski definition) is 0.